The molecule has 4 aromatic heterocycles. The summed E-state index contributed by atoms with van der Waals surface area (Å²) in [6, 6.07) is 7.77. The fraction of sp³-hybridized carbons (Fsp3) is 0.273. The highest BCUT2D eigenvalue weighted by Crippen LogP contribution is 2.38. The first-order chi connectivity index (χ1) is 15.4. The average Bonchev–Trinajstić information content (AvgIpc) is 3.22. The molecule has 1 saturated heterocycles. The zero-order valence-electron chi connectivity index (χ0n) is 17.0. The minimum atomic E-state index is -4.52. The van der Waals surface area contributed by atoms with Crippen molar-refractivity contribution in [3.8, 4) is 22.6 Å². The number of nitrogens with zero attached hydrogens (tertiary/aromatic N) is 5. The molecule has 32 heavy (non-hydrogen) atoms. The summed E-state index contributed by atoms with van der Waals surface area (Å²) in [5.74, 6) is -0.108. The van der Waals surface area contributed by atoms with Crippen molar-refractivity contribution in [3.63, 3.8) is 0 Å². The van der Waals surface area contributed by atoms with Gasteiger partial charge in [-0.2, -0.15) is 18.3 Å². The molecule has 0 amide bonds. The molecule has 7 nitrogen and oxygen atoms in total. The number of H-pyrrole nitrogens is 1. The quantitative estimate of drug-likeness (QED) is 0.500. The van der Waals surface area contributed by atoms with Gasteiger partial charge in [-0.25, -0.2) is 4.98 Å². The van der Waals surface area contributed by atoms with Crippen LogP contribution in [0.15, 0.2) is 48.9 Å². The van der Waals surface area contributed by atoms with Crippen molar-refractivity contribution in [2.75, 3.05) is 18.0 Å². The van der Waals surface area contributed by atoms with Crippen LogP contribution >= 0.6 is 0 Å². The van der Waals surface area contributed by atoms with Crippen molar-refractivity contribution in [2.24, 2.45) is 5.73 Å². The summed E-state index contributed by atoms with van der Waals surface area (Å²) >= 11 is 0. The van der Waals surface area contributed by atoms with E-state index in [0.29, 0.717) is 41.1 Å². The van der Waals surface area contributed by atoms with Crippen LogP contribution < -0.4 is 10.6 Å². The highest BCUT2D eigenvalue weighted by Gasteiger charge is 2.37. The Hall–Kier alpha value is -3.53. The zero-order valence-corrected chi connectivity index (χ0v) is 17.0. The number of pyridine rings is 3. The van der Waals surface area contributed by atoms with Crippen molar-refractivity contribution < 1.29 is 13.2 Å². The van der Waals surface area contributed by atoms with Crippen molar-refractivity contribution in [1.82, 2.24) is 25.1 Å². The first-order valence-electron chi connectivity index (χ1n) is 10.2. The van der Waals surface area contributed by atoms with E-state index in [4.69, 9.17) is 5.73 Å². The van der Waals surface area contributed by atoms with Crippen LogP contribution in [0.5, 0.6) is 0 Å². The summed E-state index contributed by atoms with van der Waals surface area (Å²) < 4.78 is 41.2. The minimum Gasteiger partial charge on any atom is -0.355 e. The maximum absolute atomic E-state index is 13.7. The monoisotopic (exact) mass is 439 g/mol. The first kappa shape index (κ1) is 20.4. The molecule has 5 heterocycles. The highest BCUT2D eigenvalue weighted by atomic mass is 19.4. The number of rotatable bonds is 3. The lowest BCUT2D eigenvalue weighted by molar-refractivity contribution is -0.137. The van der Waals surface area contributed by atoms with E-state index in [9.17, 15) is 13.2 Å². The highest BCUT2D eigenvalue weighted by molar-refractivity contribution is 5.93. The van der Waals surface area contributed by atoms with Crippen molar-refractivity contribution in [3.05, 3.63) is 54.5 Å². The zero-order chi connectivity index (χ0) is 22.3. The third kappa shape index (κ3) is 3.77. The van der Waals surface area contributed by atoms with Gasteiger partial charge in [0.15, 0.2) is 0 Å². The maximum atomic E-state index is 13.7. The van der Waals surface area contributed by atoms with E-state index in [1.165, 1.54) is 6.07 Å². The predicted molar refractivity (Wildman–Crippen MR) is 115 cm³/mol. The molecule has 5 rings (SSSR count). The van der Waals surface area contributed by atoms with Crippen LogP contribution in [-0.4, -0.2) is 44.3 Å². The number of fused-ring (bicyclic) bond motifs is 1. The largest absolute Gasteiger partial charge is 0.419 e. The fourth-order valence-corrected chi connectivity index (χ4v) is 4.03. The van der Waals surface area contributed by atoms with Crippen LogP contribution in [0, 0.1) is 0 Å². The number of hydrogen-bond acceptors (Lipinski definition) is 6. The Kier molecular flexibility index (Phi) is 5.01. The Labute approximate surface area is 181 Å². The number of anilines is 1. The molecule has 0 saturated carbocycles. The Morgan fingerprint density at radius 3 is 2.75 bits per heavy atom. The molecule has 0 bridgehead atoms. The molecule has 3 N–H and O–H groups in total. The van der Waals surface area contributed by atoms with Crippen LogP contribution in [0.3, 0.4) is 0 Å². The molecule has 1 unspecified atom stereocenters. The van der Waals surface area contributed by atoms with E-state index >= 15 is 0 Å². The summed E-state index contributed by atoms with van der Waals surface area (Å²) in [7, 11) is 0. The van der Waals surface area contributed by atoms with Gasteiger partial charge in [0.2, 0.25) is 0 Å². The number of aromatic nitrogens is 5. The van der Waals surface area contributed by atoms with Gasteiger partial charge in [0, 0.05) is 42.5 Å². The van der Waals surface area contributed by atoms with Crippen LogP contribution in [-0.2, 0) is 6.18 Å². The van der Waals surface area contributed by atoms with E-state index in [1.807, 2.05) is 18.2 Å². The predicted octanol–water partition coefficient (Wildman–Crippen LogP) is 4.03. The summed E-state index contributed by atoms with van der Waals surface area (Å²) in [5.41, 5.74) is 8.23. The number of aromatic amines is 1. The van der Waals surface area contributed by atoms with Gasteiger partial charge in [-0.05, 0) is 43.2 Å². The van der Waals surface area contributed by atoms with Gasteiger partial charge in [0.05, 0.1) is 28.7 Å². The van der Waals surface area contributed by atoms with Crippen molar-refractivity contribution in [2.45, 2.75) is 25.1 Å². The van der Waals surface area contributed by atoms with Gasteiger partial charge in [0.1, 0.15) is 11.5 Å². The number of alkyl halides is 3. The number of piperidine rings is 1. The maximum Gasteiger partial charge on any atom is 0.419 e. The second kappa shape index (κ2) is 7.86. The van der Waals surface area contributed by atoms with Crippen molar-refractivity contribution >= 4 is 16.7 Å². The third-order valence-electron chi connectivity index (χ3n) is 5.59. The lowest BCUT2D eigenvalue weighted by atomic mass is 10.0. The summed E-state index contributed by atoms with van der Waals surface area (Å²) in [6.45, 7) is 0.805. The normalized spacial score (nSPS) is 17.1. The molecule has 0 aromatic carbocycles. The molecule has 10 heteroatoms. The molecule has 0 radical (unpaired) electrons. The van der Waals surface area contributed by atoms with E-state index in [0.717, 1.165) is 24.5 Å². The van der Waals surface area contributed by atoms with Gasteiger partial charge in [-0.15, -0.1) is 0 Å². The SMILES string of the molecule is NC1CCCN(c2nc(-c3n[nH]c4cnc(-c5cccnc5)cc34)ccc2C(F)(F)F)C1. The van der Waals surface area contributed by atoms with Gasteiger partial charge >= 0.3 is 6.18 Å². The summed E-state index contributed by atoms with van der Waals surface area (Å²) in [6.07, 6.45) is 1.99. The Morgan fingerprint density at radius 1 is 1.12 bits per heavy atom. The number of hydrogen-bond donors (Lipinski definition) is 2. The van der Waals surface area contributed by atoms with Crippen LogP contribution in [0.1, 0.15) is 18.4 Å². The molecular formula is C22H20F3N7. The standard InChI is InChI=1S/C22H20F3N7/c23-22(24,25)16-5-6-17(29-21(16)32-8-2-4-14(26)12-32)20-15-9-18(13-3-1-7-27-10-13)28-11-19(15)30-31-20/h1,3,5-7,9-11,14H,2,4,8,12,26H2,(H,30,31). The van der Waals surface area contributed by atoms with Crippen LogP contribution in [0.4, 0.5) is 19.0 Å². The Bertz CT molecular complexity index is 1250. The fourth-order valence-electron chi connectivity index (χ4n) is 4.03. The van der Waals surface area contributed by atoms with E-state index in [-0.39, 0.29) is 11.9 Å². The average molecular weight is 439 g/mol. The minimum absolute atomic E-state index is 0.108. The van der Waals surface area contributed by atoms with E-state index < -0.39 is 11.7 Å². The molecular weight excluding hydrogens is 419 g/mol. The van der Waals surface area contributed by atoms with Crippen LogP contribution in [0.2, 0.25) is 0 Å². The van der Waals surface area contributed by atoms with Crippen LogP contribution in [0.25, 0.3) is 33.5 Å². The first-order valence-corrected chi connectivity index (χ1v) is 10.2. The van der Waals surface area contributed by atoms with E-state index in [1.54, 1.807) is 23.5 Å². The van der Waals surface area contributed by atoms with Gasteiger partial charge in [-0.1, -0.05) is 0 Å². The molecule has 164 valence electrons. The molecule has 1 atom stereocenters. The molecule has 1 aliphatic rings. The number of nitrogens with one attached hydrogen (secondary N) is 1. The second-order valence-corrected chi connectivity index (χ2v) is 7.84. The molecule has 0 spiro atoms. The smallest absolute Gasteiger partial charge is 0.355 e. The number of halogens is 3. The molecule has 0 aliphatic carbocycles. The van der Waals surface area contributed by atoms with Gasteiger partial charge in [-0.3, -0.25) is 15.1 Å². The lowest BCUT2D eigenvalue weighted by Gasteiger charge is -2.33. The third-order valence-corrected chi connectivity index (χ3v) is 5.59. The van der Waals surface area contributed by atoms with Gasteiger partial charge in [0.25, 0.3) is 0 Å². The second-order valence-electron chi connectivity index (χ2n) is 7.84. The van der Waals surface area contributed by atoms with Gasteiger partial charge < -0.3 is 10.6 Å². The Balaban J connectivity index is 1.62. The Morgan fingerprint density at radius 2 is 2.00 bits per heavy atom. The summed E-state index contributed by atoms with van der Waals surface area (Å²) in [5, 5.41) is 7.93. The molecule has 1 fully saturated rings. The lowest BCUT2D eigenvalue weighted by Crippen LogP contribution is -2.44. The number of nitrogens with two attached hydrogens (primary N) is 1. The summed E-state index contributed by atoms with van der Waals surface area (Å²) in [4.78, 5) is 14.6. The molecule has 4 aromatic rings. The topological polar surface area (TPSA) is 96.6 Å². The van der Waals surface area contributed by atoms with Crippen molar-refractivity contribution in [1.29, 1.82) is 0 Å². The van der Waals surface area contributed by atoms with E-state index in [2.05, 4.69) is 25.1 Å². The molecule has 1 aliphatic heterocycles.